The molecule has 38 heavy (non-hydrogen) atoms. The van der Waals surface area contributed by atoms with E-state index in [0.717, 1.165) is 56.0 Å². The molecule has 1 saturated heterocycles. The van der Waals surface area contributed by atoms with Crippen LogP contribution in [-0.2, 0) is 11.3 Å². The molecule has 198 valence electrons. The fourth-order valence-corrected chi connectivity index (χ4v) is 5.76. The number of piperazine rings is 1. The predicted octanol–water partition coefficient (Wildman–Crippen LogP) is 6.07. The van der Waals surface area contributed by atoms with Gasteiger partial charge in [-0.15, -0.1) is 0 Å². The van der Waals surface area contributed by atoms with Crippen LogP contribution in [0.5, 0.6) is 0 Å². The van der Waals surface area contributed by atoms with Crippen LogP contribution in [0.2, 0.25) is 0 Å². The molecular formula is C32H38N4O2. The Kier molecular flexibility index (Phi) is 8.20. The molecule has 2 N–H and O–H groups in total. The molecule has 4 aromatic rings. The number of aromatic amines is 1. The summed E-state index contributed by atoms with van der Waals surface area (Å²) in [5.41, 5.74) is 5.81. The van der Waals surface area contributed by atoms with Gasteiger partial charge in [-0.05, 0) is 41.2 Å². The quantitative estimate of drug-likeness (QED) is 0.271. The SMILES string of the molecule is CC(C)CC(CC(=O)O)c1nc2cc(CN3CCN(C(c4ccccc4)c4ccccc4)CC3)ccc2[nH]1. The van der Waals surface area contributed by atoms with E-state index in [-0.39, 0.29) is 18.4 Å². The van der Waals surface area contributed by atoms with Gasteiger partial charge in [-0.3, -0.25) is 14.6 Å². The van der Waals surface area contributed by atoms with Gasteiger partial charge in [-0.1, -0.05) is 80.6 Å². The molecule has 0 radical (unpaired) electrons. The van der Waals surface area contributed by atoms with E-state index in [0.29, 0.717) is 5.92 Å². The van der Waals surface area contributed by atoms with Crippen LogP contribution in [0.15, 0.2) is 78.9 Å². The highest BCUT2D eigenvalue weighted by Crippen LogP contribution is 2.30. The lowest BCUT2D eigenvalue weighted by atomic mass is 9.93. The van der Waals surface area contributed by atoms with Crippen molar-refractivity contribution in [2.45, 2.75) is 45.2 Å². The minimum absolute atomic E-state index is 0.0985. The second-order valence-corrected chi connectivity index (χ2v) is 10.9. The molecule has 1 fully saturated rings. The van der Waals surface area contributed by atoms with Crippen molar-refractivity contribution in [1.82, 2.24) is 19.8 Å². The van der Waals surface area contributed by atoms with Crippen molar-refractivity contribution >= 4 is 17.0 Å². The zero-order chi connectivity index (χ0) is 26.5. The monoisotopic (exact) mass is 510 g/mol. The molecule has 2 heterocycles. The Morgan fingerprint density at radius 1 is 0.921 bits per heavy atom. The molecule has 0 bridgehead atoms. The summed E-state index contributed by atoms with van der Waals surface area (Å²) in [7, 11) is 0. The molecule has 5 rings (SSSR count). The van der Waals surface area contributed by atoms with E-state index in [9.17, 15) is 9.90 Å². The van der Waals surface area contributed by atoms with Crippen LogP contribution in [-0.4, -0.2) is 57.0 Å². The third kappa shape index (κ3) is 6.32. The Morgan fingerprint density at radius 3 is 2.13 bits per heavy atom. The van der Waals surface area contributed by atoms with E-state index in [1.807, 2.05) is 0 Å². The van der Waals surface area contributed by atoms with Gasteiger partial charge in [0, 0.05) is 38.6 Å². The number of carboxylic acid groups (broad SMARTS) is 1. The molecule has 0 saturated carbocycles. The van der Waals surface area contributed by atoms with E-state index >= 15 is 0 Å². The number of nitrogens with zero attached hydrogens (tertiary/aromatic N) is 3. The number of nitrogens with one attached hydrogen (secondary N) is 1. The zero-order valence-electron chi connectivity index (χ0n) is 22.4. The Balaban J connectivity index is 1.26. The normalized spacial score (nSPS) is 15.9. The second-order valence-electron chi connectivity index (χ2n) is 10.9. The Bertz CT molecular complexity index is 1290. The van der Waals surface area contributed by atoms with Crippen LogP contribution in [0.25, 0.3) is 11.0 Å². The molecule has 1 atom stereocenters. The van der Waals surface area contributed by atoms with Crippen LogP contribution in [0.4, 0.5) is 0 Å². The van der Waals surface area contributed by atoms with Crippen molar-refractivity contribution in [3.8, 4) is 0 Å². The van der Waals surface area contributed by atoms with E-state index < -0.39 is 5.97 Å². The van der Waals surface area contributed by atoms with Gasteiger partial charge in [0.2, 0.25) is 0 Å². The minimum Gasteiger partial charge on any atom is -0.481 e. The lowest BCUT2D eigenvalue weighted by molar-refractivity contribution is -0.137. The average Bonchev–Trinajstić information content (AvgIpc) is 3.34. The van der Waals surface area contributed by atoms with Crippen molar-refractivity contribution in [2.24, 2.45) is 5.92 Å². The summed E-state index contributed by atoms with van der Waals surface area (Å²) in [5.74, 6) is 0.316. The standard InChI is InChI=1S/C32H38N4O2/c1-23(2)19-27(21-30(37)38)32-33-28-14-13-24(20-29(28)34-32)22-35-15-17-36(18-16-35)31(25-9-5-3-6-10-25)26-11-7-4-8-12-26/h3-14,20,23,27,31H,15-19,21-22H2,1-2H3,(H,33,34)(H,37,38). The summed E-state index contributed by atoms with van der Waals surface area (Å²) in [6, 6.07) is 28.3. The third-order valence-electron chi connectivity index (χ3n) is 7.54. The number of hydrogen-bond donors (Lipinski definition) is 2. The first-order valence-electron chi connectivity index (χ1n) is 13.7. The maximum atomic E-state index is 11.4. The fourth-order valence-electron chi connectivity index (χ4n) is 5.76. The summed E-state index contributed by atoms with van der Waals surface area (Å²) in [4.78, 5) is 24.8. The zero-order valence-corrected chi connectivity index (χ0v) is 22.4. The van der Waals surface area contributed by atoms with E-state index in [2.05, 4.69) is 107 Å². The van der Waals surface area contributed by atoms with Crippen LogP contribution < -0.4 is 0 Å². The largest absolute Gasteiger partial charge is 0.481 e. The van der Waals surface area contributed by atoms with Gasteiger partial charge in [0.15, 0.2) is 0 Å². The average molecular weight is 511 g/mol. The highest BCUT2D eigenvalue weighted by molar-refractivity contribution is 5.76. The van der Waals surface area contributed by atoms with Gasteiger partial charge in [0.25, 0.3) is 0 Å². The molecule has 1 unspecified atom stereocenters. The van der Waals surface area contributed by atoms with Gasteiger partial charge in [-0.25, -0.2) is 4.98 Å². The fraction of sp³-hybridized carbons (Fsp3) is 0.375. The van der Waals surface area contributed by atoms with Gasteiger partial charge >= 0.3 is 5.97 Å². The Labute approximate surface area is 225 Å². The molecule has 0 aliphatic carbocycles. The summed E-state index contributed by atoms with van der Waals surface area (Å²) in [6.45, 7) is 9.17. The summed E-state index contributed by atoms with van der Waals surface area (Å²) in [5, 5.41) is 9.39. The van der Waals surface area contributed by atoms with Gasteiger partial charge in [0.1, 0.15) is 5.82 Å². The number of aliphatic carboxylic acids is 1. The molecule has 1 aromatic heterocycles. The molecule has 1 aliphatic heterocycles. The molecule has 1 aliphatic rings. The predicted molar refractivity (Wildman–Crippen MR) is 152 cm³/mol. The van der Waals surface area contributed by atoms with E-state index in [1.165, 1.54) is 16.7 Å². The van der Waals surface area contributed by atoms with Gasteiger partial charge < -0.3 is 10.1 Å². The van der Waals surface area contributed by atoms with Crippen LogP contribution in [0, 0.1) is 5.92 Å². The molecule has 0 spiro atoms. The van der Waals surface area contributed by atoms with E-state index in [4.69, 9.17) is 4.98 Å². The molecule has 0 amide bonds. The Hall–Kier alpha value is -3.48. The number of rotatable bonds is 10. The maximum absolute atomic E-state index is 11.4. The second kappa shape index (κ2) is 11.9. The molecule has 6 nitrogen and oxygen atoms in total. The summed E-state index contributed by atoms with van der Waals surface area (Å²) >= 11 is 0. The smallest absolute Gasteiger partial charge is 0.304 e. The number of imidazole rings is 1. The number of aromatic nitrogens is 2. The van der Waals surface area contributed by atoms with Crippen LogP contribution >= 0.6 is 0 Å². The summed E-state index contributed by atoms with van der Waals surface area (Å²) in [6.07, 6.45) is 0.901. The van der Waals surface area contributed by atoms with Gasteiger partial charge in [0.05, 0.1) is 23.5 Å². The first-order chi connectivity index (χ1) is 18.5. The number of fused-ring (bicyclic) bond motifs is 1. The number of H-pyrrole nitrogens is 1. The lowest BCUT2D eigenvalue weighted by Gasteiger charge is -2.39. The topological polar surface area (TPSA) is 72.5 Å². The first-order valence-corrected chi connectivity index (χ1v) is 13.7. The Morgan fingerprint density at radius 2 is 1.55 bits per heavy atom. The molecule has 3 aromatic carbocycles. The number of hydrogen-bond acceptors (Lipinski definition) is 4. The van der Waals surface area contributed by atoms with Crippen molar-refractivity contribution in [3.63, 3.8) is 0 Å². The highest BCUT2D eigenvalue weighted by atomic mass is 16.4. The minimum atomic E-state index is -0.780. The molecular weight excluding hydrogens is 472 g/mol. The first kappa shape index (κ1) is 26.1. The van der Waals surface area contributed by atoms with Crippen molar-refractivity contribution < 1.29 is 9.90 Å². The van der Waals surface area contributed by atoms with Crippen molar-refractivity contribution in [2.75, 3.05) is 26.2 Å². The summed E-state index contributed by atoms with van der Waals surface area (Å²) < 4.78 is 0. The highest BCUT2D eigenvalue weighted by Gasteiger charge is 2.26. The van der Waals surface area contributed by atoms with Crippen molar-refractivity contribution in [3.05, 3.63) is 101 Å². The van der Waals surface area contributed by atoms with E-state index in [1.54, 1.807) is 0 Å². The van der Waals surface area contributed by atoms with Crippen LogP contribution in [0.1, 0.15) is 61.2 Å². The number of benzene rings is 3. The maximum Gasteiger partial charge on any atom is 0.304 e. The number of carbonyl (C=O) groups is 1. The van der Waals surface area contributed by atoms with Gasteiger partial charge in [-0.2, -0.15) is 0 Å². The number of carboxylic acids is 1. The molecule has 6 heteroatoms. The lowest BCUT2D eigenvalue weighted by Crippen LogP contribution is -2.47. The van der Waals surface area contributed by atoms with Crippen LogP contribution in [0.3, 0.4) is 0 Å². The third-order valence-corrected chi connectivity index (χ3v) is 7.54. The van der Waals surface area contributed by atoms with Crippen molar-refractivity contribution in [1.29, 1.82) is 0 Å².